The van der Waals surface area contributed by atoms with Crippen molar-refractivity contribution in [1.29, 1.82) is 0 Å². The molecule has 0 bridgehead atoms. The first-order valence-corrected chi connectivity index (χ1v) is 10.8. The monoisotopic (exact) mass is 453 g/mol. The maximum atomic E-state index is 13.0. The molecule has 3 aromatic rings. The van der Waals surface area contributed by atoms with Crippen LogP contribution in [0.25, 0.3) is 11.5 Å². The van der Waals surface area contributed by atoms with Gasteiger partial charge in [-0.05, 0) is 67.5 Å². The summed E-state index contributed by atoms with van der Waals surface area (Å²) in [7, 11) is 0. The van der Waals surface area contributed by atoms with Gasteiger partial charge in [0, 0.05) is 12.2 Å². The number of hydrogen-bond acceptors (Lipinski definition) is 7. The maximum absolute atomic E-state index is 13.0. The molecular formula is C22H24FN7O3. The van der Waals surface area contributed by atoms with Gasteiger partial charge in [0.2, 0.25) is 11.6 Å². The molecule has 0 radical (unpaired) electrons. The zero-order valence-electron chi connectivity index (χ0n) is 18.1. The van der Waals surface area contributed by atoms with E-state index >= 15 is 0 Å². The van der Waals surface area contributed by atoms with Crippen molar-refractivity contribution >= 4 is 11.9 Å². The number of tetrazole rings is 1. The van der Waals surface area contributed by atoms with Gasteiger partial charge in [0.15, 0.2) is 0 Å². The number of carbonyl (C=O) groups is 2. The van der Waals surface area contributed by atoms with Crippen molar-refractivity contribution in [3.8, 4) is 11.5 Å². The second-order valence-corrected chi connectivity index (χ2v) is 8.25. The van der Waals surface area contributed by atoms with Crippen molar-refractivity contribution in [2.75, 3.05) is 0 Å². The van der Waals surface area contributed by atoms with Gasteiger partial charge >= 0.3 is 5.97 Å². The molecule has 1 saturated carbocycles. The highest BCUT2D eigenvalue weighted by Crippen LogP contribution is 2.29. The summed E-state index contributed by atoms with van der Waals surface area (Å²) in [5, 5.41) is 24.4. The summed E-state index contributed by atoms with van der Waals surface area (Å²) in [6, 6.07) is 7.52. The highest BCUT2D eigenvalue weighted by Gasteiger charge is 2.26. The first kappa shape index (κ1) is 22.4. The molecule has 0 saturated heterocycles. The standard InChI is InChI=1S/C22H24FN7O3/c1-13-10-18(26-20(25-13)21(31)24-11-14-4-8-17(23)9-5-14)19-27-29-30(28-19)12-15-2-6-16(7-3-15)22(32)33/h4-5,8-10,15-16H,2-3,6-7,11-12H2,1H3,(H,24,31)(H,32,33). The van der Waals surface area contributed by atoms with E-state index < -0.39 is 11.9 Å². The Kier molecular flexibility index (Phi) is 6.66. The number of benzene rings is 1. The lowest BCUT2D eigenvalue weighted by Crippen LogP contribution is -2.25. The van der Waals surface area contributed by atoms with Crippen LogP contribution in [0.15, 0.2) is 30.3 Å². The van der Waals surface area contributed by atoms with Crippen LogP contribution in [0.1, 0.15) is 47.6 Å². The van der Waals surface area contributed by atoms with Crippen LogP contribution >= 0.6 is 0 Å². The van der Waals surface area contributed by atoms with Crippen LogP contribution in [0.4, 0.5) is 4.39 Å². The van der Waals surface area contributed by atoms with E-state index in [0.29, 0.717) is 36.7 Å². The van der Waals surface area contributed by atoms with Gasteiger partial charge in [-0.3, -0.25) is 9.59 Å². The summed E-state index contributed by atoms with van der Waals surface area (Å²) >= 11 is 0. The third-order valence-corrected chi connectivity index (χ3v) is 5.72. The molecule has 2 N–H and O–H groups in total. The Hall–Kier alpha value is -3.76. The average molecular weight is 453 g/mol. The molecule has 1 fully saturated rings. The number of aryl methyl sites for hydroxylation is 1. The van der Waals surface area contributed by atoms with E-state index in [-0.39, 0.29) is 29.9 Å². The van der Waals surface area contributed by atoms with Gasteiger partial charge in [0.05, 0.1) is 12.5 Å². The van der Waals surface area contributed by atoms with Crippen molar-refractivity contribution in [3.63, 3.8) is 0 Å². The molecule has 0 spiro atoms. The van der Waals surface area contributed by atoms with Crippen LogP contribution in [0.2, 0.25) is 0 Å². The molecule has 1 aliphatic rings. The van der Waals surface area contributed by atoms with Crippen LogP contribution in [0.5, 0.6) is 0 Å². The van der Waals surface area contributed by atoms with E-state index in [2.05, 4.69) is 30.7 Å². The lowest BCUT2D eigenvalue weighted by molar-refractivity contribution is -0.143. The van der Waals surface area contributed by atoms with Crippen LogP contribution in [0, 0.1) is 24.6 Å². The van der Waals surface area contributed by atoms with E-state index in [4.69, 9.17) is 5.11 Å². The summed E-state index contributed by atoms with van der Waals surface area (Å²) in [5.74, 6) is -1.24. The van der Waals surface area contributed by atoms with Crippen molar-refractivity contribution < 1.29 is 19.1 Å². The fourth-order valence-corrected chi connectivity index (χ4v) is 3.89. The summed E-state index contributed by atoms with van der Waals surface area (Å²) in [5.41, 5.74) is 1.71. The van der Waals surface area contributed by atoms with E-state index in [1.165, 1.54) is 16.9 Å². The minimum Gasteiger partial charge on any atom is -0.481 e. The molecule has 4 rings (SSSR count). The molecule has 2 heterocycles. The Morgan fingerprint density at radius 1 is 1.15 bits per heavy atom. The average Bonchev–Trinajstić information content (AvgIpc) is 3.27. The highest BCUT2D eigenvalue weighted by molar-refractivity contribution is 5.90. The Bertz CT molecular complexity index is 1140. The van der Waals surface area contributed by atoms with E-state index in [1.807, 2.05) is 0 Å². The molecule has 172 valence electrons. The Balaban J connectivity index is 1.40. The highest BCUT2D eigenvalue weighted by atomic mass is 19.1. The number of amides is 1. The second kappa shape index (κ2) is 9.80. The summed E-state index contributed by atoms with van der Waals surface area (Å²) < 4.78 is 13.0. The fraction of sp³-hybridized carbons (Fsp3) is 0.409. The topological polar surface area (TPSA) is 136 Å². The molecule has 11 heteroatoms. The number of rotatable bonds is 7. The second-order valence-electron chi connectivity index (χ2n) is 8.25. The number of halogens is 1. The molecule has 0 unspecified atom stereocenters. The lowest BCUT2D eigenvalue weighted by atomic mass is 9.82. The molecule has 1 aromatic carbocycles. The number of aliphatic carboxylic acids is 1. The molecule has 0 aliphatic heterocycles. The molecule has 1 aliphatic carbocycles. The van der Waals surface area contributed by atoms with Crippen LogP contribution in [-0.4, -0.2) is 47.2 Å². The van der Waals surface area contributed by atoms with E-state index in [0.717, 1.165) is 18.4 Å². The minimum atomic E-state index is -0.730. The number of aromatic nitrogens is 6. The molecular weight excluding hydrogens is 429 g/mol. The Morgan fingerprint density at radius 3 is 2.58 bits per heavy atom. The molecule has 33 heavy (non-hydrogen) atoms. The maximum Gasteiger partial charge on any atom is 0.306 e. The predicted molar refractivity (Wildman–Crippen MR) is 114 cm³/mol. The Labute approximate surface area is 189 Å². The van der Waals surface area contributed by atoms with Gasteiger partial charge < -0.3 is 10.4 Å². The van der Waals surface area contributed by atoms with Gasteiger partial charge in [0.25, 0.3) is 5.91 Å². The third-order valence-electron chi connectivity index (χ3n) is 5.72. The van der Waals surface area contributed by atoms with Crippen LogP contribution < -0.4 is 5.32 Å². The predicted octanol–water partition coefficient (Wildman–Crippen LogP) is 2.40. The van der Waals surface area contributed by atoms with Gasteiger partial charge in [-0.15, -0.1) is 10.2 Å². The third kappa shape index (κ3) is 5.73. The minimum absolute atomic E-state index is 0.0181. The number of carbonyl (C=O) groups excluding carboxylic acids is 1. The largest absolute Gasteiger partial charge is 0.481 e. The van der Waals surface area contributed by atoms with Crippen molar-refractivity contribution in [2.24, 2.45) is 11.8 Å². The van der Waals surface area contributed by atoms with Gasteiger partial charge in [0.1, 0.15) is 11.5 Å². The van der Waals surface area contributed by atoms with Gasteiger partial charge in [-0.2, -0.15) is 4.80 Å². The lowest BCUT2D eigenvalue weighted by Gasteiger charge is -2.25. The fourth-order valence-electron chi connectivity index (χ4n) is 3.89. The number of hydrogen-bond donors (Lipinski definition) is 2. The van der Waals surface area contributed by atoms with Crippen molar-refractivity contribution in [2.45, 2.75) is 45.7 Å². The SMILES string of the molecule is Cc1cc(-c2nnn(CC3CCC(C(=O)O)CC3)n2)nc(C(=O)NCc2ccc(F)cc2)n1. The molecule has 1 amide bonds. The molecule has 10 nitrogen and oxygen atoms in total. The molecule has 0 atom stereocenters. The Morgan fingerprint density at radius 2 is 1.88 bits per heavy atom. The van der Waals surface area contributed by atoms with E-state index in [1.54, 1.807) is 25.1 Å². The first-order valence-electron chi connectivity index (χ1n) is 10.8. The summed E-state index contributed by atoms with van der Waals surface area (Å²) in [6.45, 7) is 2.51. The van der Waals surface area contributed by atoms with Crippen molar-refractivity contribution in [1.82, 2.24) is 35.5 Å². The normalized spacial score (nSPS) is 18.1. The van der Waals surface area contributed by atoms with Crippen LogP contribution in [0.3, 0.4) is 0 Å². The van der Waals surface area contributed by atoms with Crippen LogP contribution in [-0.2, 0) is 17.9 Å². The number of nitrogens with one attached hydrogen (secondary N) is 1. The number of nitrogens with zero attached hydrogens (tertiary/aromatic N) is 6. The van der Waals surface area contributed by atoms with Crippen molar-refractivity contribution in [3.05, 3.63) is 53.2 Å². The first-order chi connectivity index (χ1) is 15.9. The van der Waals surface area contributed by atoms with Gasteiger partial charge in [-0.25, -0.2) is 14.4 Å². The summed E-state index contributed by atoms with van der Waals surface area (Å²) in [6.07, 6.45) is 2.92. The number of carboxylic acid groups (broad SMARTS) is 1. The zero-order valence-corrected chi connectivity index (χ0v) is 18.1. The quantitative estimate of drug-likeness (QED) is 0.557. The number of carboxylic acids is 1. The van der Waals surface area contributed by atoms with E-state index in [9.17, 15) is 14.0 Å². The smallest absolute Gasteiger partial charge is 0.306 e. The van der Waals surface area contributed by atoms with Gasteiger partial charge in [-0.1, -0.05) is 12.1 Å². The zero-order chi connectivity index (χ0) is 23.4. The summed E-state index contributed by atoms with van der Waals surface area (Å²) in [4.78, 5) is 33.6. The molecule has 2 aromatic heterocycles.